The number of piperidine rings is 2. The molecule has 2 aliphatic heterocycles. The van der Waals surface area contributed by atoms with Gasteiger partial charge in [-0.15, -0.1) is 0 Å². The Kier molecular flexibility index (Phi) is 4.34. The Labute approximate surface area is 127 Å². The van der Waals surface area contributed by atoms with Crippen molar-refractivity contribution < 1.29 is 0 Å². The zero-order valence-electron chi connectivity index (χ0n) is 12.4. The number of hydrogen-bond donors (Lipinski definition) is 1. The third kappa shape index (κ3) is 2.74. The molecule has 1 atom stereocenters. The number of hydrogen-bond acceptors (Lipinski definition) is 2. The van der Waals surface area contributed by atoms with Crippen LogP contribution in [0.15, 0.2) is 24.3 Å². The van der Waals surface area contributed by atoms with Gasteiger partial charge in [-0.2, -0.15) is 0 Å². The van der Waals surface area contributed by atoms with Gasteiger partial charge in [0.2, 0.25) is 0 Å². The molecule has 110 valence electrons. The minimum Gasteiger partial charge on any atom is -0.316 e. The first-order valence-corrected chi connectivity index (χ1v) is 8.30. The summed E-state index contributed by atoms with van der Waals surface area (Å²) in [6, 6.07) is 8.51. The van der Waals surface area contributed by atoms with E-state index in [2.05, 4.69) is 35.3 Å². The van der Waals surface area contributed by atoms with Gasteiger partial charge in [0.05, 0.1) is 0 Å². The van der Waals surface area contributed by atoms with Crippen molar-refractivity contribution in [1.82, 2.24) is 10.2 Å². The summed E-state index contributed by atoms with van der Waals surface area (Å²) in [4.78, 5) is 2.59. The lowest BCUT2D eigenvalue weighted by atomic mass is 9.63. The van der Waals surface area contributed by atoms with Crippen molar-refractivity contribution in [3.8, 4) is 0 Å². The fourth-order valence-electron chi connectivity index (χ4n) is 4.08. The smallest absolute Gasteiger partial charge is 0.0408 e. The van der Waals surface area contributed by atoms with Crippen LogP contribution in [-0.4, -0.2) is 37.6 Å². The summed E-state index contributed by atoms with van der Waals surface area (Å²) in [6.07, 6.45) is 3.97. The normalized spacial score (nSPS) is 26.8. The standard InChI is InChI=1S/C17H25ClN2/c1-2-20-10-7-17(8-11-20)6-9-19-13-16(17)14-4-3-5-15(18)12-14/h3-5,12,16,19H,2,6-11,13H2,1H3. The maximum atomic E-state index is 6.21. The largest absolute Gasteiger partial charge is 0.316 e. The molecule has 1 aromatic rings. The first-order chi connectivity index (χ1) is 9.73. The van der Waals surface area contributed by atoms with Crippen LogP contribution in [0.5, 0.6) is 0 Å². The average molecular weight is 293 g/mol. The van der Waals surface area contributed by atoms with Crippen LogP contribution >= 0.6 is 11.6 Å². The zero-order chi connectivity index (χ0) is 14.0. The van der Waals surface area contributed by atoms with E-state index in [1.807, 2.05) is 6.07 Å². The monoisotopic (exact) mass is 292 g/mol. The maximum absolute atomic E-state index is 6.21. The van der Waals surface area contributed by atoms with Gasteiger partial charge in [0.1, 0.15) is 0 Å². The minimum atomic E-state index is 0.488. The summed E-state index contributed by atoms with van der Waals surface area (Å²) in [5.41, 5.74) is 1.91. The van der Waals surface area contributed by atoms with Crippen molar-refractivity contribution in [3.63, 3.8) is 0 Å². The molecule has 1 N–H and O–H groups in total. The summed E-state index contributed by atoms with van der Waals surface area (Å²) in [5, 5.41) is 4.46. The highest BCUT2D eigenvalue weighted by Gasteiger charge is 2.43. The molecule has 1 unspecified atom stereocenters. The number of halogens is 1. The topological polar surface area (TPSA) is 15.3 Å². The van der Waals surface area contributed by atoms with Crippen LogP contribution in [0.25, 0.3) is 0 Å². The Balaban J connectivity index is 1.84. The Morgan fingerprint density at radius 3 is 2.80 bits per heavy atom. The molecule has 3 rings (SSSR count). The molecule has 2 nitrogen and oxygen atoms in total. The summed E-state index contributed by atoms with van der Waals surface area (Å²) in [7, 11) is 0. The van der Waals surface area contributed by atoms with Gasteiger partial charge in [0.25, 0.3) is 0 Å². The Morgan fingerprint density at radius 1 is 1.30 bits per heavy atom. The van der Waals surface area contributed by atoms with E-state index in [1.165, 1.54) is 51.0 Å². The summed E-state index contributed by atoms with van der Waals surface area (Å²) in [6.45, 7) is 8.25. The third-order valence-corrected chi connectivity index (χ3v) is 5.67. The Bertz CT molecular complexity index is 452. The molecule has 1 spiro atoms. The third-order valence-electron chi connectivity index (χ3n) is 5.44. The van der Waals surface area contributed by atoms with Crippen LogP contribution in [0.4, 0.5) is 0 Å². The van der Waals surface area contributed by atoms with Crippen molar-refractivity contribution in [2.24, 2.45) is 5.41 Å². The SMILES string of the molecule is CCN1CCC2(CCNCC2c2cccc(Cl)c2)CC1. The van der Waals surface area contributed by atoms with E-state index >= 15 is 0 Å². The molecule has 1 aromatic carbocycles. The minimum absolute atomic E-state index is 0.488. The first-order valence-electron chi connectivity index (χ1n) is 7.92. The predicted octanol–water partition coefficient (Wildman–Crippen LogP) is 3.52. The van der Waals surface area contributed by atoms with Gasteiger partial charge in [0, 0.05) is 17.5 Å². The molecule has 3 heteroatoms. The molecular formula is C17H25ClN2. The van der Waals surface area contributed by atoms with E-state index in [9.17, 15) is 0 Å². The lowest BCUT2D eigenvalue weighted by Gasteiger charge is -2.49. The molecule has 2 heterocycles. The Hall–Kier alpha value is -0.570. The highest BCUT2D eigenvalue weighted by atomic mass is 35.5. The van der Waals surface area contributed by atoms with Gasteiger partial charge in [0.15, 0.2) is 0 Å². The van der Waals surface area contributed by atoms with Crippen LogP contribution < -0.4 is 5.32 Å². The van der Waals surface area contributed by atoms with Gasteiger partial charge in [-0.1, -0.05) is 30.7 Å². The van der Waals surface area contributed by atoms with Crippen molar-refractivity contribution in [1.29, 1.82) is 0 Å². The summed E-state index contributed by atoms with van der Waals surface area (Å²) < 4.78 is 0. The molecule has 0 amide bonds. The quantitative estimate of drug-likeness (QED) is 0.897. The molecule has 0 aromatic heterocycles. The second-order valence-corrected chi connectivity index (χ2v) is 6.79. The van der Waals surface area contributed by atoms with E-state index in [-0.39, 0.29) is 0 Å². The Morgan fingerprint density at radius 2 is 2.10 bits per heavy atom. The van der Waals surface area contributed by atoms with Crippen molar-refractivity contribution in [2.45, 2.75) is 32.1 Å². The van der Waals surface area contributed by atoms with Gasteiger partial charge in [-0.3, -0.25) is 0 Å². The summed E-state index contributed by atoms with van der Waals surface area (Å²) >= 11 is 6.21. The molecule has 0 radical (unpaired) electrons. The molecule has 0 aliphatic carbocycles. The molecule has 2 aliphatic rings. The molecule has 2 saturated heterocycles. The van der Waals surface area contributed by atoms with Crippen molar-refractivity contribution in [3.05, 3.63) is 34.9 Å². The van der Waals surface area contributed by atoms with E-state index in [1.54, 1.807) is 0 Å². The number of likely N-dealkylation sites (tertiary alicyclic amines) is 1. The van der Waals surface area contributed by atoms with Gasteiger partial charge < -0.3 is 10.2 Å². The molecule has 20 heavy (non-hydrogen) atoms. The maximum Gasteiger partial charge on any atom is 0.0408 e. The molecule has 0 saturated carbocycles. The molecule has 0 bridgehead atoms. The van der Waals surface area contributed by atoms with Crippen LogP contribution in [0.2, 0.25) is 5.02 Å². The second-order valence-electron chi connectivity index (χ2n) is 6.36. The highest BCUT2D eigenvalue weighted by Crippen LogP contribution is 2.48. The number of nitrogens with one attached hydrogen (secondary N) is 1. The van der Waals surface area contributed by atoms with Gasteiger partial charge in [-0.25, -0.2) is 0 Å². The number of rotatable bonds is 2. The van der Waals surface area contributed by atoms with Crippen LogP contribution in [-0.2, 0) is 0 Å². The predicted molar refractivity (Wildman–Crippen MR) is 85.5 cm³/mol. The van der Waals surface area contributed by atoms with Gasteiger partial charge >= 0.3 is 0 Å². The van der Waals surface area contributed by atoms with E-state index in [0.29, 0.717) is 11.3 Å². The van der Waals surface area contributed by atoms with Crippen molar-refractivity contribution in [2.75, 3.05) is 32.7 Å². The first kappa shape index (κ1) is 14.4. The van der Waals surface area contributed by atoms with Crippen LogP contribution in [0.3, 0.4) is 0 Å². The molecule has 2 fully saturated rings. The zero-order valence-corrected chi connectivity index (χ0v) is 13.1. The number of nitrogens with zero attached hydrogens (tertiary/aromatic N) is 1. The fraction of sp³-hybridized carbons (Fsp3) is 0.647. The van der Waals surface area contributed by atoms with Crippen LogP contribution in [0.1, 0.15) is 37.7 Å². The lowest BCUT2D eigenvalue weighted by Crippen LogP contribution is -2.50. The van der Waals surface area contributed by atoms with E-state index in [4.69, 9.17) is 11.6 Å². The van der Waals surface area contributed by atoms with Gasteiger partial charge in [-0.05, 0) is 68.6 Å². The van der Waals surface area contributed by atoms with E-state index < -0.39 is 0 Å². The van der Waals surface area contributed by atoms with Crippen LogP contribution in [0, 0.1) is 5.41 Å². The summed E-state index contributed by atoms with van der Waals surface area (Å²) in [5.74, 6) is 0.619. The van der Waals surface area contributed by atoms with Crippen molar-refractivity contribution >= 4 is 11.6 Å². The highest BCUT2D eigenvalue weighted by molar-refractivity contribution is 6.30. The second kappa shape index (κ2) is 6.05. The average Bonchev–Trinajstić information content (AvgIpc) is 2.48. The number of benzene rings is 1. The lowest BCUT2D eigenvalue weighted by molar-refractivity contribution is 0.0563. The molecular weight excluding hydrogens is 268 g/mol. The fourth-order valence-corrected chi connectivity index (χ4v) is 4.28. The van der Waals surface area contributed by atoms with E-state index in [0.717, 1.165) is 11.6 Å².